The molecule has 1 aliphatic rings. The normalized spacial score (nSPS) is 13.9. The molecular formula is C9H8BFO2. The third-order valence-electron chi connectivity index (χ3n) is 2.20. The Bertz CT molecular complexity index is 374. The number of benzene rings is 1. The molecule has 66 valence electrons. The molecule has 0 unspecified atom stereocenters. The second kappa shape index (κ2) is 2.98. The average Bonchev–Trinajstić information content (AvgIpc) is 2.49. The Kier molecular flexibility index (Phi) is 1.94. The zero-order chi connectivity index (χ0) is 9.42. The van der Waals surface area contributed by atoms with Crippen LogP contribution in [0.25, 0.3) is 6.08 Å². The van der Waals surface area contributed by atoms with Gasteiger partial charge < -0.3 is 10.0 Å². The fourth-order valence-electron chi connectivity index (χ4n) is 1.52. The summed E-state index contributed by atoms with van der Waals surface area (Å²) < 4.78 is 13.1. The highest BCUT2D eigenvalue weighted by Gasteiger charge is 2.23. The Hall–Kier alpha value is -1.13. The van der Waals surface area contributed by atoms with Crippen molar-refractivity contribution in [2.24, 2.45) is 0 Å². The molecule has 0 fully saturated rings. The highest BCUT2D eigenvalue weighted by Crippen LogP contribution is 2.27. The van der Waals surface area contributed by atoms with Gasteiger partial charge in [-0.25, -0.2) is 4.39 Å². The van der Waals surface area contributed by atoms with Gasteiger partial charge in [0.1, 0.15) is 5.82 Å². The predicted molar refractivity (Wildman–Crippen MR) is 48.3 cm³/mol. The molecule has 2 N–H and O–H groups in total. The molecule has 0 amide bonds. The Morgan fingerprint density at radius 2 is 2.08 bits per heavy atom. The minimum absolute atomic E-state index is 0.312. The number of allylic oxidation sites excluding steroid dienone is 1. The molecule has 0 bridgehead atoms. The average molecular weight is 178 g/mol. The summed E-state index contributed by atoms with van der Waals surface area (Å²) in [4.78, 5) is 0. The van der Waals surface area contributed by atoms with Gasteiger partial charge in [0.05, 0.1) is 0 Å². The summed E-state index contributed by atoms with van der Waals surface area (Å²) in [5.41, 5.74) is 1.73. The third kappa shape index (κ3) is 1.38. The van der Waals surface area contributed by atoms with E-state index in [2.05, 4.69) is 0 Å². The van der Waals surface area contributed by atoms with Gasteiger partial charge in [0.2, 0.25) is 0 Å². The highest BCUT2D eigenvalue weighted by molar-refractivity contribution is 6.52. The summed E-state index contributed by atoms with van der Waals surface area (Å²) in [7, 11) is -1.48. The lowest BCUT2D eigenvalue weighted by molar-refractivity contribution is 0.418. The van der Waals surface area contributed by atoms with Crippen molar-refractivity contribution in [1.29, 1.82) is 0 Å². The standard InChI is InChI=1S/C9H8BFO2/c11-9-3-1-2-6-4-7(10(12)13)5-8(6)9/h1-3,5,12-13H,4H2. The molecule has 2 rings (SSSR count). The largest absolute Gasteiger partial charge is 0.484 e. The molecule has 0 saturated heterocycles. The minimum atomic E-state index is -1.48. The van der Waals surface area contributed by atoms with E-state index in [0.29, 0.717) is 17.5 Å². The third-order valence-corrected chi connectivity index (χ3v) is 2.20. The molecule has 0 aliphatic heterocycles. The van der Waals surface area contributed by atoms with Crippen LogP contribution in [0.15, 0.2) is 23.7 Å². The molecule has 1 aromatic rings. The van der Waals surface area contributed by atoms with Crippen molar-refractivity contribution in [3.8, 4) is 0 Å². The fourth-order valence-corrected chi connectivity index (χ4v) is 1.52. The lowest BCUT2D eigenvalue weighted by Crippen LogP contribution is -2.14. The van der Waals surface area contributed by atoms with Gasteiger partial charge in [-0.1, -0.05) is 18.2 Å². The summed E-state index contributed by atoms with van der Waals surface area (Å²) >= 11 is 0. The first kappa shape index (κ1) is 8.47. The monoisotopic (exact) mass is 178 g/mol. The van der Waals surface area contributed by atoms with E-state index in [9.17, 15) is 4.39 Å². The summed E-state index contributed by atoms with van der Waals surface area (Å²) in [5.74, 6) is -0.312. The maximum absolute atomic E-state index is 13.1. The van der Waals surface area contributed by atoms with Gasteiger partial charge in [-0.3, -0.25) is 0 Å². The number of hydrogen-bond donors (Lipinski definition) is 2. The molecule has 0 spiro atoms. The lowest BCUT2D eigenvalue weighted by atomic mass is 9.78. The van der Waals surface area contributed by atoms with Crippen molar-refractivity contribution >= 4 is 13.2 Å². The molecule has 0 atom stereocenters. The first-order valence-corrected chi connectivity index (χ1v) is 4.02. The molecule has 0 radical (unpaired) electrons. The van der Waals surface area contributed by atoms with Gasteiger partial charge in [-0.2, -0.15) is 0 Å². The van der Waals surface area contributed by atoms with E-state index in [4.69, 9.17) is 10.0 Å². The van der Waals surface area contributed by atoms with E-state index in [1.807, 2.05) is 0 Å². The van der Waals surface area contributed by atoms with E-state index >= 15 is 0 Å². The van der Waals surface area contributed by atoms with Crippen LogP contribution in [0, 0.1) is 5.82 Å². The van der Waals surface area contributed by atoms with Gasteiger partial charge in [0.15, 0.2) is 0 Å². The smallest absolute Gasteiger partial charge is 0.423 e. The van der Waals surface area contributed by atoms with Gasteiger partial charge in [0, 0.05) is 5.56 Å². The van der Waals surface area contributed by atoms with Crippen LogP contribution < -0.4 is 0 Å². The SMILES string of the molecule is OB(O)C1=Cc2c(F)cccc2C1. The molecule has 4 heteroatoms. The van der Waals surface area contributed by atoms with Gasteiger partial charge in [0.25, 0.3) is 0 Å². The van der Waals surface area contributed by atoms with Crippen LogP contribution in [0.5, 0.6) is 0 Å². The first-order chi connectivity index (χ1) is 6.18. The summed E-state index contributed by atoms with van der Waals surface area (Å²) in [6.45, 7) is 0. The molecule has 1 aromatic carbocycles. The number of fused-ring (bicyclic) bond motifs is 1. The topological polar surface area (TPSA) is 40.5 Å². The van der Waals surface area contributed by atoms with Crippen molar-refractivity contribution in [3.63, 3.8) is 0 Å². The highest BCUT2D eigenvalue weighted by atomic mass is 19.1. The first-order valence-electron chi connectivity index (χ1n) is 4.02. The van der Waals surface area contributed by atoms with Crippen LogP contribution in [-0.4, -0.2) is 17.2 Å². The van der Waals surface area contributed by atoms with E-state index in [1.165, 1.54) is 12.1 Å². The van der Waals surface area contributed by atoms with Gasteiger partial charge in [-0.15, -0.1) is 0 Å². The van der Waals surface area contributed by atoms with Crippen molar-refractivity contribution in [2.75, 3.05) is 0 Å². The minimum Gasteiger partial charge on any atom is -0.423 e. The summed E-state index contributed by atoms with van der Waals surface area (Å²) in [6.07, 6.45) is 1.92. The van der Waals surface area contributed by atoms with Crippen LogP contribution in [0.4, 0.5) is 4.39 Å². The summed E-state index contributed by atoms with van der Waals surface area (Å²) in [5, 5.41) is 17.8. The van der Waals surface area contributed by atoms with Crippen LogP contribution >= 0.6 is 0 Å². The molecule has 0 saturated carbocycles. The van der Waals surface area contributed by atoms with Crippen molar-refractivity contribution in [3.05, 3.63) is 40.6 Å². The Morgan fingerprint density at radius 1 is 1.31 bits per heavy atom. The van der Waals surface area contributed by atoms with E-state index in [-0.39, 0.29) is 5.82 Å². The second-order valence-corrected chi connectivity index (χ2v) is 3.08. The molecule has 0 heterocycles. The molecule has 13 heavy (non-hydrogen) atoms. The second-order valence-electron chi connectivity index (χ2n) is 3.08. The zero-order valence-electron chi connectivity index (χ0n) is 6.87. The van der Waals surface area contributed by atoms with E-state index in [0.717, 1.165) is 5.56 Å². The Balaban J connectivity index is 2.43. The van der Waals surface area contributed by atoms with Gasteiger partial charge >= 0.3 is 7.12 Å². The van der Waals surface area contributed by atoms with Crippen molar-refractivity contribution in [1.82, 2.24) is 0 Å². The van der Waals surface area contributed by atoms with E-state index < -0.39 is 7.12 Å². The molecule has 1 aliphatic carbocycles. The summed E-state index contributed by atoms with van der Waals surface area (Å²) in [6, 6.07) is 4.76. The maximum atomic E-state index is 13.1. The fraction of sp³-hybridized carbons (Fsp3) is 0.111. The van der Waals surface area contributed by atoms with Crippen molar-refractivity contribution in [2.45, 2.75) is 6.42 Å². The predicted octanol–water partition coefficient (Wildman–Crippen LogP) is 0.777. The van der Waals surface area contributed by atoms with Gasteiger partial charge in [-0.05, 0) is 23.5 Å². The van der Waals surface area contributed by atoms with Crippen LogP contribution in [0.1, 0.15) is 11.1 Å². The molecular weight excluding hydrogens is 170 g/mol. The maximum Gasteiger partial charge on any atom is 0.484 e. The quantitative estimate of drug-likeness (QED) is 0.623. The van der Waals surface area contributed by atoms with Crippen LogP contribution in [0.2, 0.25) is 0 Å². The molecule has 2 nitrogen and oxygen atoms in total. The van der Waals surface area contributed by atoms with Crippen LogP contribution in [0.3, 0.4) is 0 Å². The Morgan fingerprint density at radius 3 is 2.69 bits per heavy atom. The lowest BCUT2D eigenvalue weighted by Gasteiger charge is -1.98. The van der Waals surface area contributed by atoms with Crippen LogP contribution in [-0.2, 0) is 6.42 Å². The number of hydrogen-bond acceptors (Lipinski definition) is 2. The number of rotatable bonds is 1. The van der Waals surface area contributed by atoms with E-state index in [1.54, 1.807) is 12.1 Å². The number of halogens is 1. The molecule has 0 aromatic heterocycles. The Labute approximate surface area is 75.5 Å². The zero-order valence-corrected chi connectivity index (χ0v) is 6.87. The van der Waals surface area contributed by atoms with Crippen molar-refractivity contribution < 1.29 is 14.4 Å².